The molecule has 0 amide bonds. The van der Waals surface area contributed by atoms with E-state index in [0.29, 0.717) is 5.92 Å². The number of nitrogens with one attached hydrogen (secondary N) is 1. The molecule has 2 rings (SSSR count). The third kappa shape index (κ3) is 4.75. The average molecular weight is 297 g/mol. The number of hydrogen-bond acceptors (Lipinski definition) is 2. The molecule has 1 fully saturated rings. The normalized spacial score (nSPS) is 20.0. The van der Waals surface area contributed by atoms with Crippen molar-refractivity contribution in [2.75, 3.05) is 6.54 Å². The summed E-state index contributed by atoms with van der Waals surface area (Å²) in [5, 5.41) is 13.3. The molecule has 1 unspecified atom stereocenters. The monoisotopic (exact) mass is 297 g/mol. The maximum absolute atomic E-state index is 13.6. The standard InChI is InChI=1S/C17H25F2NO/c1-12(13-6-4-2-3-5-7-13)20-11-17(21)15-10-14(18)8-9-16(15)19/h8-10,12-13,17,20-21H,2-7,11H2,1H3/t12-,17?/m0/s1. The molecule has 0 saturated heterocycles. The Morgan fingerprint density at radius 1 is 1.19 bits per heavy atom. The Hall–Kier alpha value is -1.00. The zero-order chi connectivity index (χ0) is 15.2. The van der Waals surface area contributed by atoms with Crippen LogP contribution in [0.4, 0.5) is 8.78 Å². The second kappa shape index (κ2) is 7.85. The van der Waals surface area contributed by atoms with Crippen LogP contribution in [0.5, 0.6) is 0 Å². The minimum absolute atomic E-state index is 0.0237. The molecule has 1 aliphatic carbocycles. The van der Waals surface area contributed by atoms with Gasteiger partial charge in [-0.2, -0.15) is 0 Å². The molecule has 0 heterocycles. The summed E-state index contributed by atoms with van der Waals surface area (Å²) in [6, 6.07) is 3.47. The number of halogens is 2. The van der Waals surface area contributed by atoms with Crippen molar-refractivity contribution in [1.82, 2.24) is 5.32 Å². The quantitative estimate of drug-likeness (QED) is 0.807. The average Bonchev–Trinajstić information content (AvgIpc) is 2.76. The van der Waals surface area contributed by atoms with E-state index in [1.54, 1.807) is 0 Å². The zero-order valence-corrected chi connectivity index (χ0v) is 12.6. The van der Waals surface area contributed by atoms with Crippen LogP contribution >= 0.6 is 0 Å². The molecular weight excluding hydrogens is 272 g/mol. The van der Waals surface area contributed by atoms with Crippen molar-refractivity contribution in [2.45, 2.75) is 57.6 Å². The molecule has 2 N–H and O–H groups in total. The Morgan fingerprint density at radius 2 is 1.86 bits per heavy atom. The summed E-state index contributed by atoms with van der Waals surface area (Å²) in [4.78, 5) is 0. The fraction of sp³-hybridized carbons (Fsp3) is 0.647. The lowest BCUT2D eigenvalue weighted by atomic mass is 9.93. The maximum atomic E-state index is 13.6. The summed E-state index contributed by atoms with van der Waals surface area (Å²) in [7, 11) is 0. The van der Waals surface area contributed by atoms with Crippen molar-refractivity contribution < 1.29 is 13.9 Å². The number of benzene rings is 1. The van der Waals surface area contributed by atoms with Gasteiger partial charge < -0.3 is 10.4 Å². The van der Waals surface area contributed by atoms with Gasteiger partial charge in [0, 0.05) is 18.2 Å². The van der Waals surface area contributed by atoms with E-state index in [1.807, 2.05) is 0 Å². The van der Waals surface area contributed by atoms with Crippen molar-refractivity contribution in [3.8, 4) is 0 Å². The van der Waals surface area contributed by atoms with Crippen LogP contribution in [-0.2, 0) is 0 Å². The Balaban J connectivity index is 1.87. The van der Waals surface area contributed by atoms with Gasteiger partial charge in [-0.3, -0.25) is 0 Å². The molecule has 0 spiro atoms. The van der Waals surface area contributed by atoms with Gasteiger partial charge in [-0.1, -0.05) is 25.7 Å². The van der Waals surface area contributed by atoms with E-state index in [-0.39, 0.29) is 18.2 Å². The molecule has 2 nitrogen and oxygen atoms in total. The molecular formula is C17H25F2NO. The molecule has 4 heteroatoms. The molecule has 0 radical (unpaired) electrons. The topological polar surface area (TPSA) is 32.3 Å². The fourth-order valence-electron chi connectivity index (χ4n) is 3.16. The molecule has 1 aromatic carbocycles. The van der Waals surface area contributed by atoms with Gasteiger partial charge in [0.25, 0.3) is 0 Å². The highest BCUT2D eigenvalue weighted by Gasteiger charge is 2.20. The lowest BCUT2D eigenvalue weighted by Gasteiger charge is -2.25. The highest BCUT2D eigenvalue weighted by Crippen LogP contribution is 2.26. The van der Waals surface area contributed by atoms with E-state index < -0.39 is 17.7 Å². The Labute approximate surface area is 125 Å². The van der Waals surface area contributed by atoms with Crippen LogP contribution in [0.3, 0.4) is 0 Å². The Bertz CT molecular complexity index is 444. The predicted molar refractivity (Wildman–Crippen MR) is 80.0 cm³/mol. The lowest BCUT2D eigenvalue weighted by Crippen LogP contribution is -2.36. The third-order valence-corrected chi connectivity index (χ3v) is 4.56. The van der Waals surface area contributed by atoms with E-state index in [2.05, 4.69) is 12.2 Å². The first-order chi connectivity index (χ1) is 10.1. The summed E-state index contributed by atoms with van der Waals surface area (Å²) < 4.78 is 26.7. The van der Waals surface area contributed by atoms with E-state index in [9.17, 15) is 13.9 Å². The zero-order valence-electron chi connectivity index (χ0n) is 12.6. The summed E-state index contributed by atoms with van der Waals surface area (Å²) in [5.41, 5.74) is 0.0237. The first-order valence-corrected chi connectivity index (χ1v) is 7.94. The van der Waals surface area contributed by atoms with E-state index in [1.165, 1.54) is 38.5 Å². The van der Waals surface area contributed by atoms with Gasteiger partial charge in [-0.15, -0.1) is 0 Å². The van der Waals surface area contributed by atoms with Crippen LogP contribution < -0.4 is 5.32 Å². The highest BCUT2D eigenvalue weighted by molar-refractivity contribution is 5.21. The van der Waals surface area contributed by atoms with Gasteiger partial charge in [-0.25, -0.2) is 8.78 Å². The first-order valence-electron chi connectivity index (χ1n) is 7.94. The summed E-state index contributed by atoms with van der Waals surface area (Å²) in [6.07, 6.45) is 6.53. The van der Waals surface area contributed by atoms with Crippen LogP contribution in [0.15, 0.2) is 18.2 Å². The lowest BCUT2D eigenvalue weighted by molar-refractivity contribution is 0.159. The molecule has 2 atom stereocenters. The summed E-state index contributed by atoms with van der Waals surface area (Å²) >= 11 is 0. The van der Waals surface area contributed by atoms with Gasteiger partial charge in [-0.05, 0) is 43.9 Å². The SMILES string of the molecule is C[C@H](NCC(O)c1cc(F)ccc1F)C1CCCCCC1. The van der Waals surface area contributed by atoms with Gasteiger partial charge in [0.15, 0.2) is 0 Å². The van der Waals surface area contributed by atoms with Crippen molar-refractivity contribution in [3.63, 3.8) is 0 Å². The largest absolute Gasteiger partial charge is 0.387 e. The molecule has 0 aromatic heterocycles. The molecule has 0 aliphatic heterocycles. The van der Waals surface area contributed by atoms with Gasteiger partial charge >= 0.3 is 0 Å². The molecule has 0 bridgehead atoms. The summed E-state index contributed by atoms with van der Waals surface area (Å²) in [6.45, 7) is 2.36. The van der Waals surface area contributed by atoms with Crippen molar-refractivity contribution in [2.24, 2.45) is 5.92 Å². The number of aliphatic hydroxyl groups is 1. The smallest absolute Gasteiger partial charge is 0.129 e. The molecule has 1 aromatic rings. The van der Waals surface area contributed by atoms with Crippen molar-refractivity contribution in [1.29, 1.82) is 0 Å². The van der Waals surface area contributed by atoms with E-state index in [4.69, 9.17) is 0 Å². The number of rotatable bonds is 5. The predicted octanol–water partition coefficient (Wildman–Crippen LogP) is 3.95. The second-order valence-electron chi connectivity index (χ2n) is 6.13. The maximum Gasteiger partial charge on any atom is 0.129 e. The third-order valence-electron chi connectivity index (χ3n) is 4.56. The second-order valence-corrected chi connectivity index (χ2v) is 6.13. The number of hydrogen-bond donors (Lipinski definition) is 2. The molecule has 1 saturated carbocycles. The van der Waals surface area contributed by atoms with Crippen LogP contribution in [0.2, 0.25) is 0 Å². The number of aliphatic hydroxyl groups excluding tert-OH is 1. The molecule has 118 valence electrons. The molecule has 21 heavy (non-hydrogen) atoms. The van der Waals surface area contributed by atoms with Crippen molar-refractivity contribution >= 4 is 0 Å². The highest BCUT2D eigenvalue weighted by atomic mass is 19.1. The van der Waals surface area contributed by atoms with Crippen LogP contribution in [-0.4, -0.2) is 17.7 Å². The van der Waals surface area contributed by atoms with E-state index >= 15 is 0 Å². The van der Waals surface area contributed by atoms with Crippen LogP contribution in [0.25, 0.3) is 0 Å². The minimum atomic E-state index is -1.02. The van der Waals surface area contributed by atoms with E-state index in [0.717, 1.165) is 18.2 Å². The van der Waals surface area contributed by atoms with Crippen LogP contribution in [0.1, 0.15) is 57.1 Å². The van der Waals surface area contributed by atoms with Gasteiger partial charge in [0.05, 0.1) is 6.10 Å². The van der Waals surface area contributed by atoms with Gasteiger partial charge in [0.1, 0.15) is 11.6 Å². The Kier molecular flexibility index (Phi) is 6.12. The first kappa shape index (κ1) is 16.4. The summed E-state index contributed by atoms with van der Waals surface area (Å²) in [5.74, 6) is -0.479. The van der Waals surface area contributed by atoms with Crippen LogP contribution in [0, 0.1) is 17.6 Å². The Morgan fingerprint density at radius 3 is 2.52 bits per heavy atom. The minimum Gasteiger partial charge on any atom is -0.387 e. The van der Waals surface area contributed by atoms with Gasteiger partial charge in [0.2, 0.25) is 0 Å². The fourth-order valence-corrected chi connectivity index (χ4v) is 3.16. The molecule has 1 aliphatic rings. The van der Waals surface area contributed by atoms with Crippen molar-refractivity contribution in [3.05, 3.63) is 35.4 Å².